The van der Waals surface area contributed by atoms with Crippen molar-refractivity contribution in [1.82, 2.24) is 4.90 Å². The molecule has 3 heterocycles. The molecule has 0 unspecified atom stereocenters. The number of rotatable bonds is 8. The van der Waals surface area contributed by atoms with Gasteiger partial charge in [0.25, 0.3) is 5.91 Å². The lowest BCUT2D eigenvalue weighted by Crippen LogP contribution is -2.56. The third kappa shape index (κ3) is 3.41. The molecule has 0 saturated carbocycles. The Morgan fingerprint density at radius 3 is 2.75 bits per heavy atom. The van der Waals surface area contributed by atoms with Gasteiger partial charge >= 0.3 is 5.97 Å². The summed E-state index contributed by atoms with van der Waals surface area (Å²) in [6, 6.07) is 5.84. The predicted molar refractivity (Wildman–Crippen MR) is 117 cm³/mol. The van der Waals surface area contributed by atoms with Crippen molar-refractivity contribution in [2.24, 2.45) is 11.8 Å². The zero-order valence-corrected chi connectivity index (χ0v) is 18.7. The van der Waals surface area contributed by atoms with Crippen LogP contribution >= 0.6 is 11.6 Å². The van der Waals surface area contributed by atoms with Crippen LogP contribution in [0.25, 0.3) is 0 Å². The number of esters is 1. The lowest BCUT2D eigenvalue weighted by atomic mass is 9.70. The molecule has 4 rings (SSSR count). The second-order valence-corrected chi connectivity index (χ2v) is 8.71. The van der Waals surface area contributed by atoms with Crippen molar-refractivity contribution in [2.45, 2.75) is 37.5 Å². The van der Waals surface area contributed by atoms with E-state index >= 15 is 0 Å². The number of β-amino-alcohol motifs (C(OH)–C–C–N with tert-alkyl or cyclic N) is 1. The molecule has 8 nitrogen and oxygen atoms in total. The molecule has 3 saturated heterocycles. The first kappa shape index (κ1) is 22.8. The molecule has 32 heavy (non-hydrogen) atoms. The zero-order valence-electron chi connectivity index (χ0n) is 17.9. The Labute approximate surface area is 191 Å². The maximum atomic E-state index is 14.0. The SMILES string of the molecule is C=CCN(C(=O)[C@@H]1N(CCO)C(=O)[C@H]2[C@H](C(=O)OCC)[C@@H]3CC[C@]12O3)c1ccc(Cl)cc1. The Balaban J connectivity index is 1.75. The zero-order chi connectivity index (χ0) is 23.0. The molecule has 9 heteroatoms. The van der Waals surface area contributed by atoms with Crippen LogP contribution in [0.5, 0.6) is 0 Å². The summed E-state index contributed by atoms with van der Waals surface area (Å²) in [5, 5.41) is 10.2. The molecule has 5 atom stereocenters. The number of carbonyl (C=O) groups is 3. The summed E-state index contributed by atoms with van der Waals surface area (Å²) in [6.45, 7) is 5.54. The summed E-state index contributed by atoms with van der Waals surface area (Å²) in [4.78, 5) is 43.0. The van der Waals surface area contributed by atoms with Gasteiger partial charge in [0.05, 0.1) is 31.2 Å². The number of halogens is 1. The van der Waals surface area contributed by atoms with Gasteiger partial charge in [0.1, 0.15) is 11.6 Å². The molecule has 2 bridgehead atoms. The minimum atomic E-state index is -1.13. The molecule has 3 aliphatic heterocycles. The molecule has 0 aromatic heterocycles. The molecule has 3 aliphatic rings. The van der Waals surface area contributed by atoms with Gasteiger partial charge in [-0.3, -0.25) is 14.4 Å². The summed E-state index contributed by atoms with van der Waals surface area (Å²) >= 11 is 6.01. The second kappa shape index (κ2) is 8.84. The summed E-state index contributed by atoms with van der Waals surface area (Å²) in [5.74, 6) is -2.74. The molecule has 1 spiro atoms. The van der Waals surface area contributed by atoms with Crippen molar-refractivity contribution in [3.8, 4) is 0 Å². The molecule has 0 aliphatic carbocycles. The van der Waals surface area contributed by atoms with Crippen LogP contribution in [0.1, 0.15) is 19.8 Å². The Hall–Kier alpha value is -2.42. The number of hydrogen-bond donors (Lipinski definition) is 1. The Morgan fingerprint density at radius 1 is 1.41 bits per heavy atom. The standard InChI is InChI=1S/C23H27ClN2O6/c1-3-11-25(15-7-5-14(24)6-8-15)21(29)19-23-10-9-16(32-23)17(22(30)31-4-2)18(23)20(28)26(19)12-13-27/h3,5-8,16-19,27H,1,4,9-13H2,2H3/t16-,17+,18+,19-,23+/m0/s1. The largest absolute Gasteiger partial charge is 0.466 e. The Bertz CT molecular complexity index is 922. The number of amides is 2. The van der Waals surface area contributed by atoms with Gasteiger partial charge in [-0.25, -0.2) is 0 Å². The minimum absolute atomic E-state index is 0.0282. The Morgan fingerprint density at radius 2 is 2.12 bits per heavy atom. The summed E-state index contributed by atoms with van der Waals surface area (Å²) in [5.41, 5.74) is -0.526. The highest BCUT2D eigenvalue weighted by Gasteiger charge is 2.75. The average Bonchev–Trinajstić information content (AvgIpc) is 3.41. The van der Waals surface area contributed by atoms with Crippen LogP contribution in [0.4, 0.5) is 5.69 Å². The molecule has 1 aromatic rings. The topological polar surface area (TPSA) is 96.4 Å². The molecule has 0 radical (unpaired) electrons. The van der Waals surface area contributed by atoms with Gasteiger partial charge in [-0.2, -0.15) is 0 Å². The number of benzene rings is 1. The van der Waals surface area contributed by atoms with Crippen LogP contribution in [-0.4, -0.2) is 71.8 Å². The fourth-order valence-corrected chi connectivity index (χ4v) is 5.63. The van der Waals surface area contributed by atoms with Gasteiger partial charge in [0, 0.05) is 23.8 Å². The minimum Gasteiger partial charge on any atom is -0.466 e. The normalized spacial score (nSPS) is 30.3. The van der Waals surface area contributed by atoms with Crippen molar-refractivity contribution < 1.29 is 29.0 Å². The van der Waals surface area contributed by atoms with E-state index in [9.17, 15) is 19.5 Å². The van der Waals surface area contributed by atoms with Crippen molar-refractivity contribution in [3.63, 3.8) is 0 Å². The first-order valence-corrected chi connectivity index (χ1v) is 11.2. The molecule has 1 N–H and O–H groups in total. The average molecular weight is 463 g/mol. The number of likely N-dealkylation sites (tertiary alicyclic amines) is 1. The monoisotopic (exact) mass is 462 g/mol. The number of aliphatic hydroxyl groups is 1. The number of carbonyl (C=O) groups excluding carboxylic acids is 3. The highest BCUT2D eigenvalue weighted by Crippen LogP contribution is 2.58. The van der Waals surface area contributed by atoms with E-state index in [1.165, 1.54) is 9.80 Å². The third-order valence-electron chi connectivity index (χ3n) is 6.65. The fraction of sp³-hybridized carbons (Fsp3) is 0.522. The van der Waals surface area contributed by atoms with E-state index in [2.05, 4.69) is 6.58 Å². The second-order valence-electron chi connectivity index (χ2n) is 8.28. The van der Waals surface area contributed by atoms with Gasteiger partial charge in [-0.15, -0.1) is 6.58 Å². The number of ether oxygens (including phenoxy) is 2. The van der Waals surface area contributed by atoms with Crippen molar-refractivity contribution in [2.75, 3.05) is 31.2 Å². The van der Waals surface area contributed by atoms with Gasteiger partial charge in [-0.1, -0.05) is 17.7 Å². The van der Waals surface area contributed by atoms with Gasteiger partial charge in [0.2, 0.25) is 5.91 Å². The van der Waals surface area contributed by atoms with E-state index in [0.717, 1.165) is 0 Å². The van der Waals surface area contributed by atoms with Gasteiger partial charge in [-0.05, 0) is 44.0 Å². The van der Waals surface area contributed by atoms with Crippen LogP contribution in [0.15, 0.2) is 36.9 Å². The highest BCUT2D eigenvalue weighted by molar-refractivity contribution is 6.30. The molecule has 3 fully saturated rings. The van der Waals surface area contributed by atoms with Crippen LogP contribution in [-0.2, 0) is 23.9 Å². The molecular formula is C23H27ClN2O6. The number of hydrogen-bond acceptors (Lipinski definition) is 6. The van der Waals surface area contributed by atoms with Crippen LogP contribution < -0.4 is 4.90 Å². The fourth-order valence-electron chi connectivity index (χ4n) is 5.51. The maximum absolute atomic E-state index is 14.0. The molecule has 1 aromatic carbocycles. The van der Waals surface area contributed by atoms with Crippen LogP contribution in [0.3, 0.4) is 0 Å². The van der Waals surface area contributed by atoms with E-state index in [0.29, 0.717) is 23.6 Å². The number of aliphatic hydroxyl groups excluding tert-OH is 1. The highest BCUT2D eigenvalue weighted by atomic mass is 35.5. The van der Waals surface area contributed by atoms with Gasteiger partial charge < -0.3 is 24.4 Å². The van der Waals surface area contributed by atoms with E-state index in [1.807, 2.05) is 0 Å². The number of nitrogens with zero attached hydrogens (tertiary/aromatic N) is 2. The first-order chi connectivity index (χ1) is 15.4. The first-order valence-electron chi connectivity index (χ1n) is 10.8. The molecular weight excluding hydrogens is 436 g/mol. The van der Waals surface area contributed by atoms with Crippen LogP contribution in [0, 0.1) is 11.8 Å². The summed E-state index contributed by atoms with van der Waals surface area (Å²) < 4.78 is 11.5. The third-order valence-corrected chi connectivity index (χ3v) is 6.90. The van der Waals surface area contributed by atoms with E-state index in [4.69, 9.17) is 21.1 Å². The smallest absolute Gasteiger partial charge is 0.312 e. The summed E-state index contributed by atoms with van der Waals surface area (Å²) in [6.07, 6.45) is 2.18. The van der Waals surface area contributed by atoms with E-state index in [-0.39, 0.29) is 38.1 Å². The van der Waals surface area contributed by atoms with E-state index < -0.39 is 35.6 Å². The summed E-state index contributed by atoms with van der Waals surface area (Å²) in [7, 11) is 0. The lowest BCUT2D eigenvalue weighted by molar-refractivity contribution is -0.154. The Kier molecular flexibility index (Phi) is 6.29. The van der Waals surface area contributed by atoms with E-state index in [1.54, 1.807) is 37.3 Å². The van der Waals surface area contributed by atoms with Crippen molar-refractivity contribution >= 4 is 35.1 Å². The van der Waals surface area contributed by atoms with Crippen molar-refractivity contribution in [3.05, 3.63) is 41.9 Å². The number of fused-ring (bicyclic) bond motifs is 1. The maximum Gasteiger partial charge on any atom is 0.312 e. The molecule has 172 valence electrons. The predicted octanol–water partition coefficient (Wildman–Crippen LogP) is 1.79. The lowest BCUT2D eigenvalue weighted by Gasteiger charge is -2.36. The van der Waals surface area contributed by atoms with Crippen LogP contribution in [0.2, 0.25) is 5.02 Å². The quantitative estimate of drug-likeness (QED) is 0.467. The van der Waals surface area contributed by atoms with Crippen molar-refractivity contribution in [1.29, 1.82) is 0 Å². The number of anilines is 1. The molecule has 2 amide bonds. The van der Waals surface area contributed by atoms with Gasteiger partial charge in [0.15, 0.2) is 0 Å².